The van der Waals surface area contributed by atoms with Crippen LogP contribution in [-0.4, -0.2) is 34.8 Å². The second kappa shape index (κ2) is 4.67. The molecule has 0 unspecified atom stereocenters. The Labute approximate surface area is 84.5 Å². The zero-order valence-corrected chi connectivity index (χ0v) is 8.85. The molecule has 3 heteroatoms. The number of hydrogen-bond donors (Lipinski definition) is 2. The first-order valence-corrected chi connectivity index (χ1v) is 6.53. The molecule has 0 aromatic carbocycles. The lowest BCUT2D eigenvalue weighted by molar-refractivity contribution is 0.116. The Morgan fingerprint density at radius 2 is 1.85 bits per heavy atom. The average Bonchev–Trinajstić information content (AvgIpc) is 2.23. The maximum Gasteiger partial charge on any atom is 0.0693 e. The highest BCUT2D eigenvalue weighted by atomic mass is 32.2. The minimum absolute atomic E-state index is 0.0897. The van der Waals surface area contributed by atoms with Gasteiger partial charge in [-0.25, -0.2) is 0 Å². The largest absolute Gasteiger partial charge is 0.392 e. The van der Waals surface area contributed by atoms with Crippen molar-refractivity contribution >= 4 is 11.8 Å². The van der Waals surface area contributed by atoms with Crippen LogP contribution in [-0.2, 0) is 0 Å². The van der Waals surface area contributed by atoms with Gasteiger partial charge in [0.25, 0.3) is 0 Å². The zero-order chi connectivity index (χ0) is 9.10. The van der Waals surface area contributed by atoms with Crippen molar-refractivity contribution in [2.45, 2.75) is 50.3 Å². The molecule has 0 radical (unpaired) electrons. The van der Waals surface area contributed by atoms with Crippen molar-refractivity contribution in [2.24, 2.45) is 0 Å². The molecule has 2 aliphatic rings. The lowest BCUT2D eigenvalue weighted by Crippen LogP contribution is -2.50. The van der Waals surface area contributed by atoms with Crippen molar-refractivity contribution in [3.8, 4) is 0 Å². The summed E-state index contributed by atoms with van der Waals surface area (Å²) in [6.07, 6.45) is 5.87. The molecule has 2 atom stereocenters. The topological polar surface area (TPSA) is 32.3 Å². The highest BCUT2D eigenvalue weighted by molar-refractivity contribution is 8.00. The summed E-state index contributed by atoms with van der Waals surface area (Å²) in [5.74, 6) is 2.48. The molecule has 1 aliphatic heterocycles. The second-order valence-corrected chi connectivity index (χ2v) is 5.29. The highest BCUT2D eigenvalue weighted by Crippen LogP contribution is 2.22. The van der Waals surface area contributed by atoms with Crippen LogP contribution in [0.3, 0.4) is 0 Å². The summed E-state index contributed by atoms with van der Waals surface area (Å²) in [7, 11) is 0. The van der Waals surface area contributed by atoms with Gasteiger partial charge in [0, 0.05) is 23.6 Å². The molecular weight excluding hydrogens is 182 g/mol. The van der Waals surface area contributed by atoms with Gasteiger partial charge in [-0.1, -0.05) is 19.3 Å². The van der Waals surface area contributed by atoms with Crippen molar-refractivity contribution in [3.05, 3.63) is 0 Å². The van der Waals surface area contributed by atoms with Crippen LogP contribution in [0, 0.1) is 0 Å². The quantitative estimate of drug-likeness (QED) is 0.662. The Morgan fingerprint density at radius 1 is 1.08 bits per heavy atom. The van der Waals surface area contributed by atoms with E-state index in [-0.39, 0.29) is 6.10 Å². The van der Waals surface area contributed by atoms with E-state index in [0.29, 0.717) is 12.1 Å². The molecule has 1 aliphatic carbocycles. The second-order valence-electron chi connectivity index (χ2n) is 4.21. The van der Waals surface area contributed by atoms with Gasteiger partial charge in [-0.3, -0.25) is 0 Å². The highest BCUT2D eigenvalue weighted by Gasteiger charge is 2.26. The third kappa shape index (κ3) is 2.61. The van der Waals surface area contributed by atoms with E-state index in [4.69, 9.17) is 0 Å². The van der Waals surface area contributed by atoms with Crippen molar-refractivity contribution in [1.82, 2.24) is 5.32 Å². The summed E-state index contributed by atoms with van der Waals surface area (Å²) in [6, 6.07) is 1.07. The summed E-state index contributed by atoms with van der Waals surface area (Å²) >= 11 is 2.00. The zero-order valence-electron chi connectivity index (χ0n) is 8.04. The summed E-state index contributed by atoms with van der Waals surface area (Å²) in [4.78, 5) is 0. The standard InChI is InChI=1S/C10H19NOS/c12-10-5-3-1-2-4-9(10)11-8-6-13-7-8/h8-12H,1-7H2/t9-,10-/m1/s1. The number of hydrogen-bond acceptors (Lipinski definition) is 3. The van der Waals surface area contributed by atoms with Gasteiger partial charge in [0.05, 0.1) is 6.10 Å². The average molecular weight is 201 g/mol. The fourth-order valence-corrected chi connectivity index (χ4v) is 2.78. The Hall–Kier alpha value is 0.270. The fraction of sp³-hybridized carbons (Fsp3) is 1.00. The lowest BCUT2D eigenvalue weighted by atomic mass is 10.1. The van der Waals surface area contributed by atoms with Crippen molar-refractivity contribution in [2.75, 3.05) is 11.5 Å². The molecule has 1 saturated carbocycles. The van der Waals surface area contributed by atoms with Crippen LogP contribution in [0.4, 0.5) is 0 Å². The molecule has 1 heterocycles. The minimum Gasteiger partial charge on any atom is -0.392 e. The van der Waals surface area contributed by atoms with Crippen molar-refractivity contribution in [1.29, 1.82) is 0 Å². The number of thioether (sulfide) groups is 1. The van der Waals surface area contributed by atoms with Crippen LogP contribution in [0.15, 0.2) is 0 Å². The van der Waals surface area contributed by atoms with Gasteiger partial charge in [-0.05, 0) is 12.8 Å². The molecule has 0 bridgehead atoms. The summed E-state index contributed by atoms with van der Waals surface area (Å²) in [5.41, 5.74) is 0. The molecule has 2 nitrogen and oxygen atoms in total. The number of aliphatic hydroxyl groups is 1. The van der Waals surface area contributed by atoms with E-state index in [1.165, 1.54) is 37.2 Å². The Kier molecular flexibility index (Phi) is 3.52. The first-order valence-electron chi connectivity index (χ1n) is 5.38. The number of nitrogens with one attached hydrogen (secondary N) is 1. The molecule has 2 rings (SSSR count). The molecular formula is C10H19NOS. The van der Waals surface area contributed by atoms with Crippen LogP contribution in [0.25, 0.3) is 0 Å². The molecule has 0 spiro atoms. The Bertz CT molecular complexity index is 161. The van der Waals surface area contributed by atoms with Crippen LogP contribution in [0.1, 0.15) is 32.1 Å². The van der Waals surface area contributed by atoms with Crippen LogP contribution < -0.4 is 5.32 Å². The molecule has 0 amide bonds. The van der Waals surface area contributed by atoms with Crippen LogP contribution in [0.2, 0.25) is 0 Å². The van der Waals surface area contributed by atoms with Crippen LogP contribution >= 0.6 is 11.8 Å². The van der Waals surface area contributed by atoms with Gasteiger partial charge >= 0.3 is 0 Å². The summed E-state index contributed by atoms with van der Waals surface area (Å²) in [6.45, 7) is 0. The third-order valence-corrected chi connectivity index (χ3v) is 4.34. The minimum atomic E-state index is -0.0897. The SMILES string of the molecule is O[C@@H]1CCCCC[C@H]1NC1CSC1. The van der Waals surface area contributed by atoms with Gasteiger partial charge in [-0.2, -0.15) is 11.8 Å². The molecule has 13 heavy (non-hydrogen) atoms. The molecule has 2 N–H and O–H groups in total. The molecule has 0 aromatic rings. The Morgan fingerprint density at radius 3 is 2.54 bits per heavy atom. The maximum absolute atomic E-state index is 9.85. The van der Waals surface area contributed by atoms with E-state index in [1.807, 2.05) is 11.8 Å². The van der Waals surface area contributed by atoms with Gasteiger partial charge in [0.2, 0.25) is 0 Å². The maximum atomic E-state index is 9.85. The number of aliphatic hydroxyl groups excluding tert-OH is 1. The van der Waals surface area contributed by atoms with Gasteiger partial charge in [0.1, 0.15) is 0 Å². The first kappa shape index (κ1) is 9.81. The monoisotopic (exact) mass is 201 g/mol. The van der Waals surface area contributed by atoms with E-state index in [0.717, 1.165) is 6.42 Å². The van der Waals surface area contributed by atoms with Gasteiger partial charge in [-0.15, -0.1) is 0 Å². The molecule has 2 fully saturated rings. The number of rotatable bonds is 2. The summed E-state index contributed by atoms with van der Waals surface area (Å²) in [5, 5.41) is 13.4. The van der Waals surface area contributed by atoms with E-state index in [1.54, 1.807) is 0 Å². The van der Waals surface area contributed by atoms with Gasteiger partial charge in [0.15, 0.2) is 0 Å². The van der Waals surface area contributed by atoms with Crippen molar-refractivity contribution in [3.63, 3.8) is 0 Å². The molecule has 0 aromatic heterocycles. The normalized spacial score (nSPS) is 36.7. The van der Waals surface area contributed by atoms with E-state index in [9.17, 15) is 5.11 Å². The van der Waals surface area contributed by atoms with E-state index < -0.39 is 0 Å². The smallest absolute Gasteiger partial charge is 0.0693 e. The van der Waals surface area contributed by atoms with Crippen LogP contribution in [0.5, 0.6) is 0 Å². The Balaban J connectivity index is 1.79. The van der Waals surface area contributed by atoms with Crippen molar-refractivity contribution < 1.29 is 5.11 Å². The lowest BCUT2D eigenvalue weighted by Gasteiger charge is -2.32. The predicted octanol–water partition coefficient (Wildman–Crippen LogP) is 1.39. The fourth-order valence-electron chi connectivity index (χ4n) is 2.12. The molecule has 76 valence electrons. The first-order chi connectivity index (χ1) is 6.36. The van der Waals surface area contributed by atoms with E-state index in [2.05, 4.69) is 5.32 Å². The summed E-state index contributed by atoms with van der Waals surface area (Å²) < 4.78 is 0. The molecule has 1 saturated heterocycles. The van der Waals surface area contributed by atoms with E-state index >= 15 is 0 Å². The predicted molar refractivity (Wildman–Crippen MR) is 57.1 cm³/mol. The van der Waals surface area contributed by atoms with Gasteiger partial charge < -0.3 is 10.4 Å². The third-order valence-electron chi connectivity index (χ3n) is 3.07.